The fourth-order valence-electron chi connectivity index (χ4n) is 0.421. The molecule has 0 aliphatic carbocycles. The molecule has 0 bridgehead atoms. The van der Waals surface area contributed by atoms with Crippen molar-refractivity contribution in [2.75, 3.05) is 5.75 Å². The molecule has 0 aromatic carbocycles. The van der Waals surface area contributed by atoms with Crippen LogP contribution in [-0.2, 0) is 4.79 Å². The number of hydrogen-bond acceptors (Lipinski definition) is 3. The van der Waals surface area contributed by atoms with E-state index in [2.05, 4.69) is 5.32 Å². The number of nitrogens with one attached hydrogen (secondary N) is 1. The summed E-state index contributed by atoms with van der Waals surface area (Å²) in [5, 5.41) is 2.22. The van der Waals surface area contributed by atoms with Crippen LogP contribution >= 0.6 is 11.8 Å². The highest BCUT2D eigenvalue weighted by Gasteiger charge is 2.10. The molecular formula is C6H12N2O2S. The van der Waals surface area contributed by atoms with Crippen LogP contribution < -0.4 is 11.1 Å². The van der Waals surface area contributed by atoms with E-state index in [1.165, 1.54) is 0 Å². The molecule has 0 saturated heterocycles. The van der Waals surface area contributed by atoms with Crippen molar-refractivity contribution in [3.05, 3.63) is 0 Å². The summed E-state index contributed by atoms with van der Waals surface area (Å²) in [6.07, 6.45) is 0. The Labute approximate surface area is 69.9 Å². The molecule has 1 atom stereocenters. The normalized spacial score (nSPS) is 12.2. The highest BCUT2D eigenvalue weighted by atomic mass is 32.2. The van der Waals surface area contributed by atoms with Gasteiger partial charge in [-0.2, -0.15) is 0 Å². The van der Waals surface area contributed by atoms with E-state index in [1.807, 2.05) is 6.92 Å². The minimum Gasteiger partial charge on any atom is -0.368 e. The van der Waals surface area contributed by atoms with Crippen LogP contribution in [0.5, 0.6) is 0 Å². The second-order valence-corrected chi connectivity index (χ2v) is 3.23. The van der Waals surface area contributed by atoms with Gasteiger partial charge in [-0.3, -0.25) is 9.59 Å². The summed E-state index contributed by atoms with van der Waals surface area (Å²) in [5.41, 5.74) is 4.92. The van der Waals surface area contributed by atoms with E-state index in [1.54, 1.807) is 6.92 Å². The summed E-state index contributed by atoms with van der Waals surface area (Å²) in [6, 6.07) is -0.582. The SMILES string of the molecule is CCSC(=O)N[C@H](C)C(N)=O. The minimum absolute atomic E-state index is 0.209. The summed E-state index contributed by atoms with van der Waals surface area (Å²) in [7, 11) is 0. The monoisotopic (exact) mass is 176 g/mol. The molecule has 2 amide bonds. The lowest BCUT2D eigenvalue weighted by Gasteiger charge is -2.07. The van der Waals surface area contributed by atoms with E-state index in [9.17, 15) is 9.59 Å². The number of nitrogens with two attached hydrogens (primary N) is 1. The molecule has 0 aromatic heterocycles. The van der Waals surface area contributed by atoms with Crippen LogP contribution in [0.1, 0.15) is 13.8 Å². The highest BCUT2D eigenvalue weighted by Crippen LogP contribution is 1.99. The Morgan fingerprint density at radius 1 is 1.64 bits per heavy atom. The third kappa shape index (κ3) is 4.66. The van der Waals surface area contributed by atoms with Crippen molar-refractivity contribution in [1.82, 2.24) is 5.32 Å². The van der Waals surface area contributed by atoms with E-state index in [0.29, 0.717) is 5.75 Å². The van der Waals surface area contributed by atoms with Gasteiger partial charge in [0.1, 0.15) is 6.04 Å². The molecule has 0 saturated carbocycles. The molecule has 11 heavy (non-hydrogen) atoms. The smallest absolute Gasteiger partial charge is 0.279 e. The zero-order valence-corrected chi connectivity index (χ0v) is 7.40. The zero-order valence-electron chi connectivity index (χ0n) is 6.59. The van der Waals surface area contributed by atoms with Crippen molar-refractivity contribution in [1.29, 1.82) is 0 Å². The number of hydrogen-bond donors (Lipinski definition) is 2. The van der Waals surface area contributed by atoms with Gasteiger partial charge in [0, 0.05) is 0 Å². The number of amides is 2. The molecule has 0 aliphatic rings. The highest BCUT2D eigenvalue weighted by molar-refractivity contribution is 8.13. The molecule has 5 heteroatoms. The molecule has 4 nitrogen and oxygen atoms in total. The maximum absolute atomic E-state index is 10.8. The van der Waals surface area contributed by atoms with Gasteiger partial charge in [0.15, 0.2) is 0 Å². The predicted molar refractivity (Wildman–Crippen MR) is 45.3 cm³/mol. The van der Waals surface area contributed by atoms with Crippen LogP contribution in [0.25, 0.3) is 0 Å². The third-order valence-corrected chi connectivity index (χ3v) is 1.71. The van der Waals surface area contributed by atoms with Gasteiger partial charge in [-0.25, -0.2) is 0 Å². The van der Waals surface area contributed by atoms with Crippen LogP contribution in [0.2, 0.25) is 0 Å². The fourth-order valence-corrected chi connectivity index (χ4v) is 0.943. The number of rotatable bonds is 3. The van der Waals surface area contributed by atoms with Crippen molar-refractivity contribution in [3.8, 4) is 0 Å². The zero-order chi connectivity index (χ0) is 8.85. The third-order valence-electron chi connectivity index (χ3n) is 1.04. The van der Waals surface area contributed by atoms with E-state index in [-0.39, 0.29) is 5.24 Å². The first-order chi connectivity index (χ1) is 5.07. The van der Waals surface area contributed by atoms with Crippen LogP contribution in [0.3, 0.4) is 0 Å². The quantitative estimate of drug-likeness (QED) is 0.650. The Morgan fingerprint density at radius 2 is 2.18 bits per heavy atom. The summed E-state index contributed by atoms with van der Waals surface area (Å²) >= 11 is 1.12. The molecule has 0 spiro atoms. The van der Waals surface area contributed by atoms with Crippen molar-refractivity contribution in [2.45, 2.75) is 19.9 Å². The van der Waals surface area contributed by atoms with E-state index < -0.39 is 11.9 Å². The van der Waals surface area contributed by atoms with Crippen molar-refractivity contribution < 1.29 is 9.59 Å². The topological polar surface area (TPSA) is 72.2 Å². The molecular weight excluding hydrogens is 164 g/mol. The lowest BCUT2D eigenvalue weighted by molar-refractivity contribution is -0.119. The molecule has 0 rings (SSSR count). The number of primary amides is 1. The fraction of sp³-hybridized carbons (Fsp3) is 0.667. The summed E-state index contributed by atoms with van der Waals surface area (Å²) in [6.45, 7) is 3.41. The van der Waals surface area contributed by atoms with Gasteiger partial charge in [0.2, 0.25) is 5.91 Å². The van der Waals surface area contributed by atoms with Crippen LogP contribution in [0, 0.1) is 0 Å². The van der Waals surface area contributed by atoms with E-state index in [0.717, 1.165) is 11.8 Å². The molecule has 0 fully saturated rings. The first-order valence-corrected chi connectivity index (χ1v) is 4.29. The maximum atomic E-state index is 10.8. The van der Waals surface area contributed by atoms with Crippen molar-refractivity contribution >= 4 is 22.9 Å². The van der Waals surface area contributed by atoms with Gasteiger partial charge in [-0.05, 0) is 12.7 Å². The molecule has 64 valence electrons. The molecule has 0 aliphatic heterocycles. The minimum atomic E-state index is -0.582. The number of carbonyl (C=O) groups is 2. The van der Waals surface area contributed by atoms with Gasteiger partial charge >= 0.3 is 0 Å². The lowest BCUT2D eigenvalue weighted by atomic mass is 10.3. The van der Waals surface area contributed by atoms with Crippen molar-refractivity contribution in [3.63, 3.8) is 0 Å². The first-order valence-electron chi connectivity index (χ1n) is 3.30. The van der Waals surface area contributed by atoms with Crippen LogP contribution in [-0.4, -0.2) is 22.9 Å². The van der Waals surface area contributed by atoms with Crippen LogP contribution in [0.4, 0.5) is 4.79 Å². The summed E-state index contributed by atoms with van der Waals surface area (Å²) in [4.78, 5) is 21.2. The predicted octanol–water partition coefficient (Wildman–Crippen LogP) is 0.323. The second kappa shape index (κ2) is 5.01. The van der Waals surface area contributed by atoms with Crippen LogP contribution in [0.15, 0.2) is 0 Å². The second-order valence-electron chi connectivity index (χ2n) is 1.99. The van der Waals surface area contributed by atoms with Gasteiger partial charge in [0.25, 0.3) is 5.24 Å². The Balaban J connectivity index is 3.66. The van der Waals surface area contributed by atoms with Gasteiger partial charge in [-0.1, -0.05) is 18.7 Å². The number of thioether (sulfide) groups is 1. The molecule has 0 unspecified atom stereocenters. The van der Waals surface area contributed by atoms with E-state index >= 15 is 0 Å². The van der Waals surface area contributed by atoms with Crippen molar-refractivity contribution in [2.24, 2.45) is 5.73 Å². The molecule has 0 heterocycles. The van der Waals surface area contributed by atoms with Gasteiger partial charge < -0.3 is 11.1 Å². The Hall–Kier alpha value is -0.710. The average Bonchev–Trinajstić information content (AvgIpc) is 1.87. The lowest BCUT2D eigenvalue weighted by Crippen LogP contribution is -2.40. The summed E-state index contributed by atoms with van der Waals surface area (Å²) in [5.74, 6) is 0.173. The van der Waals surface area contributed by atoms with Gasteiger partial charge in [-0.15, -0.1) is 0 Å². The molecule has 3 N–H and O–H groups in total. The Kier molecular flexibility index (Phi) is 4.69. The van der Waals surface area contributed by atoms with E-state index in [4.69, 9.17) is 5.73 Å². The Bertz CT molecular complexity index is 161. The standard InChI is InChI=1S/C6H12N2O2S/c1-3-11-6(10)8-4(2)5(7)9/h4H,3H2,1-2H3,(H2,7,9)(H,8,10)/t4-/m1/s1. The number of carbonyl (C=O) groups excluding carboxylic acids is 2. The first kappa shape index (κ1) is 10.3. The average molecular weight is 176 g/mol. The molecule has 0 aromatic rings. The Morgan fingerprint density at radius 3 is 2.55 bits per heavy atom. The van der Waals surface area contributed by atoms with Gasteiger partial charge in [0.05, 0.1) is 0 Å². The largest absolute Gasteiger partial charge is 0.368 e. The maximum Gasteiger partial charge on any atom is 0.279 e. The molecule has 0 radical (unpaired) electrons. The summed E-state index contributed by atoms with van der Waals surface area (Å²) < 4.78 is 0.